The van der Waals surface area contributed by atoms with Crippen LogP contribution in [0.4, 0.5) is 0 Å². The number of nitrogens with two attached hydrogens (primary N) is 1. The van der Waals surface area contributed by atoms with Gasteiger partial charge in [0.25, 0.3) is 0 Å². The molecule has 5 nitrogen and oxygen atoms in total. The fourth-order valence-electron chi connectivity index (χ4n) is 2.85. The molecular formula is C17H11BrN4OS. The molecule has 0 saturated heterocycles. The fourth-order valence-corrected chi connectivity index (χ4v) is 3.80. The molecule has 1 unspecified atom stereocenters. The van der Waals surface area contributed by atoms with Crippen LogP contribution in [0.15, 0.2) is 57.0 Å². The number of ether oxygens (including phenoxy) is 1. The monoisotopic (exact) mass is 398 g/mol. The molecule has 3 heterocycles. The van der Waals surface area contributed by atoms with Crippen LogP contribution in [0.3, 0.4) is 0 Å². The van der Waals surface area contributed by atoms with E-state index in [4.69, 9.17) is 10.5 Å². The maximum Gasteiger partial charge on any atom is 0.244 e. The average Bonchev–Trinajstić information content (AvgIpc) is 3.24. The van der Waals surface area contributed by atoms with Crippen LogP contribution in [0.5, 0.6) is 5.88 Å². The molecule has 1 aliphatic heterocycles. The molecule has 0 aliphatic carbocycles. The molecule has 118 valence electrons. The summed E-state index contributed by atoms with van der Waals surface area (Å²) in [7, 11) is 0. The van der Waals surface area contributed by atoms with Crippen molar-refractivity contribution < 1.29 is 4.74 Å². The highest BCUT2D eigenvalue weighted by Gasteiger charge is 2.35. The first kappa shape index (κ1) is 15.0. The molecule has 0 saturated carbocycles. The van der Waals surface area contributed by atoms with Crippen LogP contribution < -0.4 is 10.5 Å². The van der Waals surface area contributed by atoms with Gasteiger partial charge in [-0.25, -0.2) is 0 Å². The number of benzene rings is 1. The van der Waals surface area contributed by atoms with Gasteiger partial charge in [0.1, 0.15) is 11.6 Å². The van der Waals surface area contributed by atoms with Gasteiger partial charge in [-0.1, -0.05) is 28.1 Å². The predicted octanol–water partition coefficient (Wildman–Crippen LogP) is 4.12. The summed E-state index contributed by atoms with van der Waals surface area (Å²) in [5.41, 5.74) is 9.98. The Kier molecular flexibility index (Phi) is 3.63. The lowest BCUT2D eigenvalue weighted by Crippen LogP contribution is -2.20. The standard InChI is InChI=1S/C17H11BrN4OS/c18-11-3-1-9(2-4-11)15-14-13(10-5-6-24-8-10)12(7-19)16(20)23-17(14)22-21-15/h1-6,8,13H,20H2,(H,21,22). The predicted molar refractivity (Wildman–Crippen MR) is 95.3 cm³/mol. The molecule has 0 amide bonds. The Morgan fingerprint density at radius 2 is 2.08 bits per heavy atom. The first-order chi connectivity index (χ1) is 11.7. The summed E-state index contributed by atoms with van der Waals surface area (Å²) in [5, 5.41) is 20.9. The summed E-state index contributed by atoms with van der Waals surface area (Å²) < 4.78 is 6.57. The topological polar surface area (TPSA) is 87.7 Å². The zero-order chi connectivity index (χ0) is 16.7. The van der Waals surface area contributed by atoms with E-state index in [2.05, 4.69) is 32.2 Å². The van der Waals surface area contributed by atoms with Crippen molar-refractivity contribution in [3.05, 3.63) is 68.1 Å². The Morgan fingerprint density at radius 1 is 1.29 bits per heavy atom. The normalized spacial score (nSPS) is 16.4. The first-order valence-electron chi connectivity index (χ1n) is 7.13. The number of hydrogen-bond acceptors (Lipinski definition) is 5. The van der Waals surface area contributed by atoms with Crippen molar-refractivity contribution in [3.8, 4) is 23.2 Å². The van der Waals surface area contributed by atoms with Gasteiger partial charge >= 0.3 is 0 Å². The van der Waals surface area contributed by atoms with Gasteiger partial charge < -0.3 is 10.5 Å². The number of allylic oxidation sites excluding steroid dienone is 1. The van der Waals surface area contributed by atoms with E-state index in [1.165, 1.54) is 0 Å². The maximum absolute atomic E-state index is 9.59. The summed E-state index contributed by atoms with van der Waals surface area (Å²) >= 11 is 5.02. The van der Waals surface area contributed by atoms with E-state index in [1.807, 2.05) is 41.1 Å². The molecule has 24 heavy (non-hydrogen) atoms. The van der Waals surface area contributed by atoms with Gasteiger partial charge in [0.05, 0.1) is 17.2 Å². The second-order valence-electron chi connectivity index (χ2n) is 5.31. The molecular weight excluding hydrogens is 388 g/mol. The van der Waals surface area contributed by atoms with Crippen molar-refractivity contribution in [1.82, 2.24) is 10.2 Å². The Balaban J connectivity index is 1.94. The molecule has 3 aromatic rings. The molecule has 3 N–H and O–H groups in total. The summed E-state index contributed by atoms with van der Waals surface area (Å²) in [6.07, 6.45) is 0. The van der Waals surface area contributed by atoms with Crippen LogP contribution >= 0.6 is 27.3 Å². The van der Waals surface area contributed by atoms with Crippen molar-refractivity contribution >= 4 is 27.3 Å². The molecule has 0 spiro atoms. The van der Waals surface area contributed by atoms with E-state index < -0.39 is 0 Å². The van der Waals surface area contributed by atoms with Crippen molar-refractivity contribution in [1.29, 1.82) is 5.26 Å². The number of nitriles is 1. The number of nitrogens with one attached hydrogen (secondary N) is 1. The average molecular weight is 399 g/mol. The summed E-state index contributed by atoms with van der Waals surface area (Å²) in [4.78, 5) is 0. The molecule has 4 rings (SSSR count). The zero-order valence-electron chi connectivity index (χ0n) is 12.3. The number of nitrogens with zero attached hydrogens (tertiary/aromatic N) is 2. The van der Waals surface area contributed by atoms with Crippen LogP contribution in [0.25, 0.3) is 11.3 Å². The molecule has 1 aromatic carbocycles. The van der Waals surface area contributed by atoms with Gasteiger partial charge in [0.2, 0.25) is 11.8 Å². The van der Waals surface area contributed by atoms with E-state index in [-0.39, 0.29) is 11.8 Å². The third-order valence-corrected chi connectivity index (χ3v) is 5.18. The Bertz CT molecular complexity index is 967. The highest BCUT2D eigenvalue weighted by molar-refractivity contribution is 9.10. The summed E-state index contributed by atoms with van der Waals surface area (Å²) in [6.45, 7) is 0. The maximum atomic E-state index is 9.59. The van der Waals surface area contributed by atoms with Gasteiger partial charge in [-0.05, 0) is 34.5 Å². The molecule has 2 aromatic heterocycles. The molecule has 0 bridgehead atoms. The number of halogens is 1. The van der Waals surface area contributed by atoms with Crippen molar-refractivity contribution in [3.63, 3.8) is 0 Å². The highest BCUT2D eigenvalue weighted by Crippen LogP contribution is 2.46. The largest absolute Gasteiger partial charge is 0.420 e. The van der Waals surface area contributed by atoms with Crippen LogP contribution in [0, 0.1) is 11.3 Å². The van der Waals surface area contributed by atoms with E-state index in [1.54, 1.807) is 11.3 Å². The van der Waals surface area contributed by atoms with E-state index in [9.17, 15) is 5.26 Å². The van der Waals surface area contributed by atoms with Crippen molar-refractivity contribution in [2.24, 2.45) is 5.73 Å². The number of hydrogen-bond donors (Lipinski definition) is 2. The second kappa shape index (κ2) is 5.82. The fraction of sp³-hybridized carbons (Fsp3) is 0.0588. The number of aromatic amines is 1. The van der Waals surface area contributed by atoms with Crippen LogP contribution in [0.1, 0.15) is 17.0 Å². The van der Waals surface area contributed by atoms with Crippen LogP contribution in [-0.2, 0) is 0 Å². The van der Waals surface area contributed by atoms with Gasteiger partial charge in [0.15, 0.2) is 0 Å². The smallest absolute Gasteiger partial charge is 0.244 e. The van der Waals surface area contributed by atoms with E-state index in [0.29, 0.717) is 11.5 Å². The molecule has 0 fully saturated rings. The van der Waals surface area contributed by atoms with Gasteiger partial charge in [-0.2, -0.15) is 16.6 Å². The summed E-state index contributed by atoms with van der Waals surface area (Å²) in [6, 6.07) is 12.1. The van der Waals surface area contributed by atoms with Gasteiger partial charge in [0, 0.05) is 10.0 Å². The molecule has 0 radical (unpaired) electrons. The number of fused-ring (bicyclic) bond motifs is 1. The number of thiophene rings is 1. The first-order valence-corrected chi connectivity index (χ1v) is 8.86. The molecule has 1 atom stereocenters. The number of rotatable bonds is 2. The third-order valence-electron chi connectivity index (χ3n) is 3.95. The van der Waals surface area contributed by atoms with Gasteiger partial charge in [-0.15, -0.1) is 5.10 Å². The van der Waals surface area contributed by atoms with Crippen LogP contribution in [-0.4, -0.2) is 10.2 Å². The SMILES string of the molecule is N#CC1=C(N)Oc2n[nH]c(-c3ccc(Br)cc3)c2C1c1ccsc1. The van der Waals surface area contributed by atoms with Crippen LogP contribution in [0.2, 0.25) is 0 Å². The van der Waals surface area contributed by atoms with E-state index >= 15 is 0 Å². The lowest BCUT2D eigenvalue weighted by Gasteiger charge is -2.23. The molecule has 7 heteroatoms. The highest BCUT2D eigenvalue weighted by atomic mass is 79.9. The van der Waals surface area contributed by atoms with E-state index in [0.717, 1.165) is 26.9 Å². The lowest BCUT2D eigenvalue weighted by molar-refractivity contribution is 0.379. The van der Waals surface area contributed by atoms with Crippen molar-refractivity contribution in [2.75, 3.05) is 0 Å². The van der Waals surface area contributed by atoms with Crippen molar-refractivity contribution in [2.45, 2.75) is 5.92 Å². The number of aromatic nitrogens is 2. The minimum absolute atomic E-state index is 0.107. The Hall–Kier alpha value is -2.56. The second-order valence-corrected chi connectivity index (χ2v) is 7.00. The Morgan fingerprint density at radius 3 is 2.75 bits per heavy atom. The minimum atomic E-state index is -0.289. The Labute approximate surface area is 150 Å². The minimum Gasteiger partial charge on any atom is -0.420 e. The number of H-pyrrole nitrogens is 1. The molecule has 1 aliphatic rings. The lowest BCUT2D eigenvalue weighted by atomic mass is 9.84. The third kappa shape index (κ3) is 2.31. The van der Waals surface area contributed by atoms with Gasteiger partial charge in [-0.3, -0.25) is 5.10 Å². The summed E-state index contributed by atoms with van der Waals surface area (Å²) in [5.74, 6) is 0.234. The quantitative estimate of drug-likeness (QED) is 0.679. The zero-order valence-corrected chi connectivity index (χ0v) is 14.7.